The summed E-state index contributed by atoms with van der Waals surface area (Å²) in [5.74, 6) is -3.07. The number of hydrogen-bond acceptors (Lipinski definition) is 4. The van der Waals surface area contributed by atoms with Gasteiger partial charge in [-0.1, -0.05) is 0 Å². The molecule has 0 aromatic heterocycles. The molecular formula is C12H22N2O4. The van der Waals surface area contributed by atoms with E-state index in [4.69, 9.17) is 21.7 Å². The van der Waals surface area contributed by atoms with Crippen LogP contribution < -0.4 is 11.5 Å². The molecule has 0 saturated heterocycles. The van der Waals surface area contributed by atoms with Crippen molar-refractivity contribution in [2.24, 2.45) is 22.8 Å². The molecule has 104 valence electrons. The Morgan fingerprint density at radius 2 is 1.89 bits per heavy atom. The minimum absolute atomic E-state index is 0.155. The lowest BCUT2D eigenvalue weighted by molar-refractivity contribution is -0.180. The fourth-order valence-corrected chi connectivity index (χ4v) is 2.54. The lowest BCUT2D eigenvalue weighted by Gasteiger charge is -2.46. The van der Waals surface area contributed by atoms with Crippen LogP contribution in [0.4, 0.5) is 0 Å². The van der Waals surface area contributed by atoms with E-state index in [1.54, 1.807) is 0 Å². The van der Waals surface area contributed by atoms with Gasteiger partial charge in [0.1, 0.15) is 0 Å². The van der Waals surface area contributed by atoms with Crippen LogP contribution in [-0.4, -0.2) is 33.7 Å². The van der Waals surface area contributed by atoms with Crippen LogP contribution in [-0.2, 0) is 9.59 Å². The van der Waals surface area contributed by atoms with E-state index in [1.807, 2.05) is 13.8 Å². The van der Waals surface area contributed by atoms with Crippen molar-refractivity contribution in [3.8, 4) is 0 Å². The van der Waals surface area contributed by atoms with Crippen molar-refractivity contribution in [2.75, 3.05) is 0 Å². The maximum absolute atomic E-state index is 11.2. The van der Waals surface area contributed by atoms with E-state index >= 15 is 0 Å². The first kappa shape index (κ1) is 14.9. The summed E-state index contributed by atoms with van der Waals surface area (Å²) >= 11 is 0. The summed E-state index contributed by atoms with van der Waals surface area (Å²) < 4.78 is 0. The van der Waals surface area contributed by atoms with Crippen molar-refractivity contribution in [1.82, 2.24) is 0 Å². The van der Waals surface area contributed by atoms with E-state index in [1.165, 1.54) is 0 Å². The van der Waals surface area contributed by atoms with Crippen LogP contribution in [0.5, 0.6) is 0 Å². The number of aliphatic carboxylic acids is 2. The van der Waals surface area contributed by atoms with E-state index in [2.05, 4.69) is 0 Å². The molecule has 6 nitrogen and oxygen atoms in total. The average molecular weight is 258 g/mol. The first-order valence-corrected chi connectivity index (χ1v) is 6.12. The van der Waals surface area contributed by atoms with Gasteiger partial charge in [0.2, 0.25) is 0 Å². The smallest absolute Gasteiger partial charge is 0.321 e. The molecule has 1 aliphatic rings. The Labute approximate surface area is 106 Å². The second-order valence-corrected chi connectivity index (χ2v) is 5.92. The number of hydrogen-bond donors (Lipinski definition) is 4. The average Bonchev–Trinajstić information content (AvgIpc) is 2.11. The number of carboxylic acids is 2. The zero-order valence-corrected chi connectivity index (χ0v) is 10.8. The van der Waals surface area contributed by atoms with Crippen molar-refractivity contribution in [1.29, 1.82) is 0 Å². The molecule has 0 aliphatic heterocycles. The Morgan fingerprint density at radius 1 is 1.39 bits per heavy atom. The van der Waals surface area contributed by atoms with E-state index in [9.17, 15) is 9.59 Å². The molecule has 6 N–H and O–H groups in total. The third kappa shape index (κ3) is 2.64. The number of nitrogens with two attached hydrogens (primary N) is 2. The molecule has 0 heterocycles. The maximum Gasteiger partial charge on any atom is 0.321 e. The molecule has 0 bridgehead atoms. The van der Waals surface area contributed by atoms with Gasteiger partial charge in [-0.25, -0.2) is 0 Å². The zero-order valence-electron chi connectivity index (χ0n) is 10.8. The molecule has 6 heteroatoms. The van der Waals surface area contributed by atoms with Crippen LogP contribution in [0.3, 0.4) is 0 Å². The molecule has 0 amide bonds. The molecule has 0 spiro atoms. The predicted octanol–water partition coefficient (Wildman–Crippen LogP) is 0.397. The van der Waals surface area contributed by atoms with Gasteiger partial charge in [0.15, 0.2) is 5.41 Å². The Hall–Kier alpha value is -1.14. The molecular weight excluding hydrogens is 236 g/mol. The molecule has 0 radical (unpaired) electrons. The van der Waals surface area contributed by atoms with E-state index in [0.717, 1.165) is 0 Å². The minimum atomic E-state index is -1.70. The van der Waals surface area contributed by atoms with Crippen molar-refractivity contribution in [2.45, 2.75) is 51.1 Å². The van der Waals surface area contributed by atoms with Gasteiger partial charge in [0, 0.05) is 17.5 Å². The summed E-state index contributed by atoms with van der Waals surface area (Å²) in [5, 5.41) is 18.3. The van der Waals surface area contributed by atoms with E-state index in [-0.39, 0.29) is 12.0 Å². The highest BCUT2D eigenvalue weighted by atomic mass is 16.4. The largest absolute Gasteiger partial charge is 0.480 e. The fraction of sp³-hybridized carbons (Fsp3) is 0.833. The number of carboxylic acid groups (broad SMARTS) is 2. The van der Waals surface area contributed by atoms with E-state index in [0.29, 0.717) is 19.3 Å². The highest BCUT2D eigenvalue weighted by molar-refractivity contribution is 5.99. The maximum atomic E-state index is 11.2. The van der Waals surface area contributed by atoms with Crippen LogP contribution in [0.15, 0.2) is 0 Å². The minimum Gasteiger partial charge on any atom is -0.480 e. The number of rotatable bonds is 6. The van der Waals surface area contributed by atoms with Gasteiger partial charge in [0.25, 0.3) is 0 Å². The van der Waals surface area contributed by atoms with Gasteiger partial charge in [-0.3, -0.25) is 9.59 Å². The predicted molar refractivity (Wildman–Crippen MR) is 65.9 cm³/mol. The standard InChI is InChI=1S/C12H22N2O4/c1-11(2,14)5-4-8(13)7-3-6-12(7,9(15)16)10(17)18/h7-8H,3-6,13-14H2,1-2H3,(H,15,16)(H,17,18). The first-order valence-electron chi connectivity index (χ1n) is 6.12. The Bertz CT molecular complexity index is 334. The topological polar surface area (TPSA) is 127 Å². The molecule has 1 fully saturated rings. The first-order chi connectivity index (χ1) is 8.11. The van der Waals surface area contributed by atoms with Gasteiger partial charge >= 0.3 is 11.9 Å². The molecule has 0 aromatic carbocycles. The van der Waals surface area contributed by atoms with Crippen molar-refractivity contribution in [3.63, 3.8) is 0 Å². The molecule has 2 atom stereocenters. The lowest BCUT2D eigenvalue weighted by atomic mass is 9.56. The monoisotopic (exact) mass is 258 g/mol. The third-order valence-electron chi connectivity index (χ3n) is 3.88. The second kappa shape index (κ2) is 4.85. The van der Waals surface area contributed by atoms with Crippen molar-refractivity contribution < 1.29 is 19.8 Å². The van der Waals surface area contributed by atoms with Crippen LogP contribution in [0.1, 0.15) is 39.5 Å². The summed E-state index contributed by atoms with van der Waals surface area (Å²) in [6.07, 6.45) is 1.88. The van der Waals surface area contributed by atoms with Crippen molar-refractivity contribution in [3.05, 3.63) is 0 Å². The normalized spacial score (nSPS) is 24.1. The van der Waals surface area contributed by atoms with Gasteiger partial charge < -0.3 is 21.7 Å². The quantitative estimate of drug-likeness (QED) is 0.511. The summed E-state index contributed by atoms with van der Waals surface area (Å²) in [6.45, 7) is 3.73. The molecule has 1 saturated carbocycles. The molecule has 0 aromatic rings. The number of carbonyl (C=O) groups is 2. The molecule has 1 aliphatic carbocycles. The summed E-state index contributed by atoms with van der Waals surface area (Å²) in [7, 11) is 0. The second-order valence-electron chi connectivity index (χ2n) is 5.92. The fourth-order valence-electron chi connectivity index (χ4n) is 2.54. The highest BCUT2D eigenvalue weighted by Crippen LogP contribution is 2.49. The summed E-state index contributed by atoms with van der Waals surface area (Å²) in [5.41, 5.74) is 9.72. The zero-order chi connectivity index (χ0) is 14.1. The molecule has 1 rings (SSSR count). The SMILES string of the molecule is CC(C)(N)CCC(N)C1CCC1(C(=O)O)C(=O)O. The lowest BCUT2D eigenvalue weighted by Crippen LogP contribution is -2.59. The van der Waals surface area contributed by atoms with Gasteiger partial charge in [-0.2, -0.15) is 0 Å². The van der Waals surface area contributed by atoms with Gasteiger partial charge in [-0.05, 0) is 39.5 Å². The van der Waals surface area contributed by atoms with Crippen LogP contribution in [0, 0.1) is 11.3 Å². The van der Waals surface area contributed by atoms with Crippen LogP contribution in [0.25, 0.3) is 0 Å². The van der Waals surface area contributed by atoms with Crippen LogP contribution in [0.2, 0.25) is 0 Å². The van der Waals surface area contributed by atoms with Crippen LogP contribution >= 0.6 is 0 Å². The Kier molecular flexibility index (Phi) is 4.02. The summed E-state index contributed by atoms with van der Waals surface area (Å²) in [4.78, 5) is 22.4. The van der Waals surface area contributed by atoms with Gasteiger partial charge in [0.05, 0.1) is 0 Å². The van der Waals surface area contributed by atoms with E-state index < -0.39 is 29.3 Å². The summed E-state index contributed by atoms with van der Waals surface area (Å²) in [6, 6.07) is -0.436. The Balaban J connectivity index is 2.72. The van der Waals surface area contributed by atoms with Gasteiger partial charge in [-0.15, -0.1) is 0 Å². The molecule has 18 heavy (non-hydrogen) atoms. The van der Waals surface area contributed by atoms with Crippen molar-refractivity contribution >= 4 is 11.9 Å². The third-order valence-corrected chi connectivity index (χ3v) is 3.88. The molecule has 2 unspecified atom stereocenters. The highest BCUT2D eigenvalue weighted by Gasteiger charge is 2.60. The Morgan fingerprint density at radius 3 is 2.17 bits per heavy atom.